The van der Waals surface area contributed by atoms with E-state index in [2.05, 4.69) is 0 Å². The minimum Gasteiger partial charge on any atom is -0.340 e. The SMILES string of the molecule is CS(=O)(=O)N1CCN(C(=O)C2C3CCC(C3)C2N)CC1.Cl. The molecule has 1 aliphatic heterocycles. The number of piperazine rings is 1. The lowest BCUT2D eigenvalue weighted by atomic mass is 9.84. The Morgan fingerprint density at radius 3 is 2.14 bits per heavy atom. The second-order valence-electron chi connectivity index (χ2n) is 6.42. The molecule has 2 N–H and O–H groups in total. The Balaban J connectivity index is 0.00000161. The summed E-state index contributed by atoms with van der Waals surface area (Å²) in [5.74, 6) is 1.10. The highest BCUT2D eigenvalue weighted by atomic mass is 35.5. The van der Waals surface area contributed by atoms with E-state index in [9.17, 15) is 13.2 Å². The molecule has 122 valence electrons. The fraction of sp³-hybridized carbons (Fsp3) is 0.923. The van der Waals surface area contributed by atoms with Crippen molar-refractivity contribution in [2.45, 2.75) is 25.3 Å². The molecule has 8 heteroatoms. The highest BCUT2D eigenvalue weighted by Gasteiger charge is 2.50. The molecular weight excluding hydrogens is 314 g/mol. The second kappa shape index (κ2) is 6.02. The summed E-state index contributed by atoms with van der Waals surface area (Å²) < 4.78 is 24.4. The molecule has 2 bridgehead atoms. The largest absolute Gasteiger partial charge is 0.340 e. The van der Waals surface area contributed by atoms with E-state index >= 15 is 0 Å². The fourth-order valence-electron chi connectivity index (χ4n) is 4.15. The standard InChI is InChI=1S/C13H23N3O3S.ClH/c1-20(18,19)16-6-4-15(5-7-16)13(17)11-9-2-3-10(8-9)12(11)14;/h9-12H,2-8,14H2,1H3;1H. The molecule has 1 amide bonds. The Labute approximate surface area is 132 Å². The van der Waals surface area contributed by atoms with E-state index in [-0.39, 0.29) is 30.3 Å². The van der Waals surface area contributed by atoms with Crippen LogP contribution in [0.2, 0.25) is 0 Å². The van der Waals surface area contributed by atoms with Gasteiger partial charge in [0, 0.05) is 32.2 Å². The average molecular weight is 338 g/mol. The third-order valence-electron chi connectivity index (χ3n) is 5.29. The molecule has 21 heavy (non-hydrogen) atoms. The van der Waals surface area contributed by atoms with Crippen molar-refractivity contribution in [3.05, 3.63) is 0 Å². The molecule has 0 aromatic heterocycles. The number of carbonyl (C=O) groups excluding carboxylic acids is 1. The number of sulfonamides is 1. The number of rotatable bonds is 2. The summed E-state index contributed by atoms with van der Waals surface area (Å²) in [6, 6.07) is 0.00851. The number of amides is 1. The van der Waals surface area contributed by atoms with Crippen LogP contribution in [0.4, 0.5) is 0 Å². The maximum Gasteiger partial charge on any atom is 0.227 e. The van der Waals surface area contributed by atoms with E-state index in [1.807, 2.05) is 4.90 Å². The van der Waals surface area contributed by atoms with Gasteiger partial charge in [0.05, 0.1) is 12.2 Å². The molecule has 3 rings (SSSR count). The molecule has 0 aromatic carbocycles. The molecule has 3 fully saturated rings. The normalized spacial score (nSPS) is 36.6. The molecule has 0 aromatic rings. The number of halogens is 1. The predicted octanol–water partition coefficient (Wildman–Crippen LogP) is -0.115. The molecule has 4 unspecified atom stereocenters. The quantitative estimate of drug-likeness (QED) is 0.761. The zero-order valence-electron chi connectivity index (χ0n) is 12.3. The van der Waals surface area contributed by atoms with Gasteiger partial charge in [0.25, 0.3) is 0 Å². The van der Waals surface area contributed by atoms with E-state index in [0.717, 1.165) is 19.3 Å². The molecule has 6 nitrogen and oxygen atoms in total. The van der Waals surface area contributed by atoms with Gasteiger partial charge in [0.1, 0.15) is 0 Å². The first-order valence-corrected chi connectivity index (χ1v) is 9.22. The van der Waals surface area contributed by atoms with E-state index in [4.69, 9.17) is 5.73 Å². The van der Waals surface area contributed by atoms with Crippen LogP contribution in [0.3, 0.4) is 0 Å². The summed E-state index contributed by atoms with van der Waals surface area (Å²) in [5.41, 5.74) is 6.21. The average Bonchev–Trinajstić information content (AvgIpc) is 2.98. The maximum atomic E-state index is 12.6. The maximum absolute atomic E-state index is 12.6. The number of nitrogens with two attached hydrogens (primary N) is 1. The zero-order chi connectivity index (χ0) is 14.5. The fourth-order valence-corrected chi connectivity index (χ4v) is 4.98. The van der Waals surface area contributed by atoms with Crippen molar-refractivity contribution in [1.29, 1.82) is 0 Å². The molecule has 0 spiro atoms. The van der Waals surface area contributed by atoms with Crippen molar-refractivity contribution in [2.24, 2.45) is 23.5 Å². The van der Waals surface area contributed by atoms with Crippen molar-refractivity contribution in [1.82, 2.24) is 9.21 Å². The first kappa shape index (κ1) is 17.0. The van der Waals surface area contributed by atoms with Crippen LogP contribution >= 0.6 is 12.4 Å². The van der Waals surface area contributed by atoms with Gasteiger partial charge in [0.15, 0.2) is 0 Å². The van der Waals surface area contributed by atoms with Crippen LogP contribution in [-0.4, -0.2) is 62.0 Å². The van der Waals surface area contributed by atoms with Gasteiger partial charge >= 0.3 is 0 Å². The minimum atomic E-state index is -3.14. The Bertz CT molecular complexity index is 503. The Morgan fingerprint density at radius 1 is 1.10 bits per heavy atom. The van der Waals surface area contributed by atoms with Crippen molar-refractivity contribution in [3.8, 4) is 0 Å². The summed E-state index contributed by atoms with van der Waals surface area (Å²) in [7, 11) is -3.14. The molecule has 2 saturated carbocycles. The lowest BCUT2D eigenvalue weighted by Gasteiger charge is -2.37. The third-order valence-corrected chi connectivity index (χ3v) is 6.59. The van der Waals surface area contributed by atoms with Gasteiger partial charge in [0.2, 0.25) is 15.9 Å². The van der Waals surface area contributed by atoms with Crippen LogP contribution in [0.5, 0.6) is 0 Å². The number of carbonyl (C=O) groups is 1. The first-order chi connectivity index (χ1) is 9.38. The highest BCUT2D eigenvalue weighted by Crippen LogP contribution is 2.48. The summed E-state index contributed by atoms with van der Waals surface area (Å²) >= 11 is 0. The van der Waals surface area contributed by atoms with Crippen LogP contribution in [0, 0.1) is 17.8 Å². The van der Waals surface area contributed by atoms with Gasteiger partial charge < -0.3 is 10.6 Å². The predicted molar refractivity (Wildman–Crippen MR) is 82.5 cm³/mol. The lowest BCUT2D eigenvalue weighted by Crippen LogP contribution is -2.54. The van der Waals surface area contributed by atoms with Gasteiger partial charge in [-0.25, -0.2) is 8.42 Å². The van der Waals surface area contributed by atoms with Crippen molar-refractivity contribution >= 4 is 28.3 Å². The topological polar surface area (TPSA) is 83.7 Å². The van der Waals surface area contributed by atoms with Gasteiger partial charge in [-0.3, -0.25) is 4.79 Å². The Hall–Kier alpha value is -0.370. The molecule has 4 atom stereocenters. The van der Waals surface area contributed by atoms with Crippen LogP contribution in [-0.2, 0) is 14.8 Å². The number of hydrogen-bond acceptors (Lipinski definition) is 4. The van der Waals surface area contributed by atoms with Crippen LogP contribution in [0.25, 0.3) is 0 Å². The minimum absolute atomic E-state index is 0. The number of fused-ring (bicyclic) bond motifs is 2. The monoisotopic (exact) mass is 337 g/mol. The summed E-state index contributed by atoms with van der Waals surface area (Å²) in [4.78, 5) is 14.4. The van der Waals surface area contributed by atoms with E-state index in [1.54, 1.807) is 0 Å². The van der Waals surface area contributed by atoms with E-state index in [1.165, 1.54) is 10.6 Å². The highest BCUT2D eigenvalue weighted by molar-refractivity contribution is 7.88. The molecule has 1 heterocycles. The lowest BCUT2D eigenvalue weighted by molar-refractivity contribution is -0.139. The first-order valence-electron chi connectivity index (χ1n) is 7.37. The third kappa shape index (κ3) is 3.06. The van der Waals surface area contributed by atoms with Gasteiger partial charge in [-0.1, -0.05) is 0 Å². The summed E-state index contributed by atoms with van der Waals surface area (Å²) in [6.07, 6.45) is 4.60. The summed E-state index contributed by atoms with van der Waals surface area (Å²) in [5, 5.41) is 0. The smallest absolute Gasteiger partial charge is 0.227 e. The van der Waals surface area contributed by atoms with Crippen molar-refractivity contribution < 1.29 is 13.2 Å². The van der Waals surface area contributed by atoms with Gasteiger partial charge in [-0.05, 0) is 31.1 Å². The summed E-state index contributed by atoms with van der Waals surface area (Å²) in [6.45, 7) is 1.79. The van der Waals surface area contributed by atoms with Crippen LogP contribution in [0.1, 0.15) is 19.3 Å². The van der Waals surface area contributed by atoms with Gasteiger partial charge in [-0.2, -0.15) is 4.31 Å². The molecule has 1 saturated heterocycles. The molecule has 0 radical (unpaired) electrons. The number of hydrogen-bond donors (Lipinski definition) is 1. The van der Waals surface area contributed by atoms with Crippen LogP contribution < -0.4 is 5.73 Å². The van der Waals surface area contributed by atoms with Crippen molar-refractivity contribution in [2.75, 3.05) is 32.4 Å². The second-order valence-corrected chi connectivity index (χ2v) is 8.41. The Kier molecular flexibility index (Phi) is 4.87. The van der Waals surface area contributed by atoms with Crippen LogP contribution in [0.15, 0.2) is 0 Å². The Morgan fingerprint density at radius 2 is 1.67 bits per heavy atom. The van der Waals surface area contributed by atoms with Gasteiger partial charge in [-0.15, -0.1) is 12.4 Å². The zero-order valence-corrected chi connectivity index (χ0v) is 13.9. The molecular formula is C13H24ClN3O3S. The van der Waals surface area contributed by atoms with E-state index < -0.39 is 10.0 Å². The molecule has 3 aliphatic rings. The molecule has 2 aliphatic carbocycles. The van der Waals surface area contributed by atoms with Crippen molar-refractivity contribution in [3.63, 3.8) is 0 Å². The van der Waals surface area contributed by atoms with E-state index in [0.29, 0.717) is 38.0 Å². The number of nitrogens with zero attached hydrogens (tertiary/aromatic N) is 2.